The van der Waals surface area contributed by atoms with Crippen molar-refractivity contribution in [2.75, 3.05) is 0 Å². The van der Waals surface area contributed by atoms with E-state index in [1.165, 1.54) is 4.90 Å². The summed E-state index contributed by atoms with van der Waals surface area (Å²) in [6, 6.07) is 9.57. The highest BCUT2D eigenvalue weighted by Gasteiger charge is 2.33. The van der Waals surface area contributed by atoms with Gasteiger partial charge in [0.1, 0.15) is 0 Å². The minimum atomic E-state index is -0.138. The van der Waals surface area contributed by atoms with Gasteiger partial charge < -0.3 is 0 Å². The Morgan fingerprint density at radius 1 is 1.24 bits per heavy atom. The summed E-state index contributed by atoms with van der Waals surface area (Å²) in [6.07, 6.45) is 2.87. The Labute approximate surface area is 101 Å². The molecule has 1 aromatic carbocycles. The molecule has 3 heteroatoms. The quantitative estimate of drug-likeness (QED) is 0.589. The number of amides is 2. The molecule has 0 aromatic heterocycles. The Hall–Kier alpha value is -1.90. The first kappa shape index (κ1) is 11.6. The van der Waals surface area contributed by atoms with Gasteiger partial charge in [-0.25, -0.2) is 0 Å². The molecule has 0 atom stereocenters. The smallest absolute Gasteiger partial charge is 0.256 e. The molecule has 2 rings (SSSR count). The molecule has 88 valence electrons. The lowest BCUT2D eigenvalue weighted by Crippen LogP contribution is -2.28. The molecule has 1 fully saturated rings. The van der Waals surface area contributed by atoms with Crippen LogP contribution in [0.5, 0.6) is 0 Å². The summed E-state index contributed by atoms with van der Waals surface area (Å²) in [5, 5.41) is 0. The minimum absolute atomic E-state index is 0.0986. The molecule has 1 aliphatic rings. The van der Waals surface area contributed by atoms with E-state index in [2.05, 4.69) is 0 Å². The van der Waals surface area contributed by atoms with Gasteiger partial charge >= 0.3 is 0 Å². The number of hydrogen-bond acceptors (Lipinski definition) is 2. The zero-order valence-corrected chi connectivity index (χ0v) is 9.85. The van der Waals surface area contributed by atoms with Crippen molar-refractivity contribution in [3.63, 3.8) is 0 Å². The van der Waals surface area contributed by atoms with Gasteiger partial charge in [0.15, 0.2) is 0 Å². The maximum atomic E-state index is 11.9. The van der Waals surface area contributed by atoms with Gasteiger partial charge in [0, 0.05) is 5.57 Å². The van der Waals surface area contributed by atoms with Crippen LogP contribution in [0, 0.1) is 0 Å². The summed E-state index contributed by atoms with van der Waals surface area (Å²) in [5.74, 6) is -0.237. The molecular weight excluding hydrogens is 214 g/mol. The third-order valence-corrected chi connectivity index (χ3v) is 2.80. The van der Waals surface area contributed by atoms with Crippen molar-refractivity contribution in [3.05, 3.63) is 47.5 Å². The fraction of sp³-hybridized carbons (Fsp3) is 0.286. The lowest BCUT2D eigenvalue weighted by atomic mass is 10.2. The number of likely N-dealkylation sites (tertiary alicyclic amines) is 1. The van der Waals surface area contributed by atoms with Crippen molar-refractivity contribution >= 4 is 11.8 Å². The van der Waals surface area contributed by atoms with Gasteiger partial charge in [-0.2, -0.15) is 0 Å². The highest BCUT2D eigenvalue weighted by atomic mass is 16.2. The Morgan fingerprint density at radius 2 is 1.94 bits per heavy atom. The molecule has 1 heterocycles. The second kappa shape index (κ2) is 4.95. The van der Waals surface area contributed by atoms with Crippen molar-refractivity contribution in [1.82, 2.24) is 4.90 Å². The average molecular weight is 229 g/mol. The average Bonchev–Trinajstić information content (AvgIpc) is 2.59. The first-order chi connectivity index (χ1) is 8.22. The van der Waals surface area contributed by atoms with E-state index >= 15 is 0 Å². The third-order valence-electron chi connectivity index (χ3n) is 2.80. The number of benzene rings is 1. The molecule has 3 nitrogen and oxygen atoms in total. The van der Waals surface area contributed by atoms with Gasteiger partial charge in [-0.1, -0.05) is 43.3 Å². The van der Waals surface area contributed by atoms with Crippen LogP contribution in [0.15, 0.2) is 42.0 Å². The van der Waals surface area contributed by atoms with E-state index < -0.39 is 0 Å². The molecule has 0 saturated carbocycles. The molecule has 1 aromatic rings. The van der Waals surface area contributed by atoms with Crippen LogP contribution in [0.25, 0.3) is 0 Å². The van der Waals surface area contributed by atoms with Gasteiger partial charge in [0.25, 0.3) is 5.91 Å². The van der Waals surface area contributed by atoms with Gasteiger partial charge in [0.2, 0.25) is 5.91 Å². The summed E-state index contributed by atoms with van der Waals surface area (Å²) >= 11 is 0. The van der Waals surface area contributed by atoms with Gasteiger partial charge in [-0.05, 0) is 12.0 Å². The van der Waals surface area contributed by atoms with E-state index in [4.69, 9.17) is 0 Å². The van der Waals surface area contributed by atoms with Crippen LogP contribution in [0.3, 0.4) is 0 Å². The summed E-state index contributed by atoms with van der Waals surface area (Å²) in [7, 11) is 0. The van der Waals surface area contributed by atoms with Crippen molar-refractivity contribution in [1.29, 1.82) is 0 Å². The fourth-order valence-electron chi connectivity index (χ4n) is 1.95. The normalized spacial score (nSPS) is 18.2. The van der Waals surface area contributed by atoms with E-state index in [1.807, 2.05) is 43.3 Å². The monoisotopic (exact) mass is 229 g/mol. The Morgan fingerprint density at radius 3 is 2.59 bits per heavy atom. The number of rotatable bonds is 3. The van der Waals surface area contributed by atoms with Crippen LogP contribution in [-0.4, -0.2) is 16.7 Å². The molecule has 0 unspecified atom stereocenters. The van der Waals surface area contributed by atoms with Crippen molar-refractivity contribution in [2.45, 2.75) is 26.3 Å². The van der Waals surface area contributed by atoms with Crippen molar-refractivity contribution in [3.8, 4) is 0 Å². The summed E-state index contributed by atoms with van der Waals surface area (Å²) < 4.78 is 0. The summed E-state index contributed by atoms with van der Waals surface area (Å²) in [4.78, 5) is 25.0. The number of carbonyl (C=O) groups is 2. The third kappa shape index (κ3) is 2.44. The topological polar surface area (TPSA) is 37.4 Å². The molecule has 0 spiro atoms. The zero-order valence-electron chi connectivity index (χ0n) is 9.85. The molecule has 0 bridgehead atoms. The van der Waals surface area contributed by atoms with Gasteiger partial charge in [-0.15, -0.1) is 0 Å². The maximum Gasteiger partial charge on any atom is 0.256 e. The molecule has 1 aliphatic heterocycles. The van der Waals surface area contributed by atoms with E-state index in [9.17, 15) is 9.59 Å². The van der Waals surface area contributed by atoms with Crippen LogP contribution in [-0.2, 0) is 16.1 Å². The van der Waals surface area contributed by atoms with Crippen molar-refractivity contribution in [2.24, 2.45) is 0 Å². The Balaban J connectivity index is 2.15. The van der Waals surface area contributed by atoms with Crippen LogP contribution >= 0.6 is 0 Å². The van der Waals surface area contributed by atoms with E-state index in [0.717, 1.165) is 12.0 Å². The van der Waals surface area contributed by atoms with E-state index in [1.54, 1.807) is 0 Å². The van der Waals surface area contributed by atoms with Gasteiger partial charge in [-0.3, -0.25) is 14.5 Å². The number of hydrogen-bond donors (Lipinski definition) is 0. The molecule has 17 heavy (non-hydrogen) atoms. The van der Waals surface area contributed by atoms with Crippen LogP contribution in [0.4, 0.5) is 0 Å². The summed E-state index contributed by atoms with van der Waals surface area (Å²) in [6.45, 7) is 2.34. The molecule has 2 amide bonds. The first-order valence-corrected chi connectivity index (χ1v) is 5.80. The van der Waals surface area contributed by atoms with Crippen molar-refractivity contribution < 1.29 is 9.59 Å². The Kier molecular flexibility index (Phi) is 3.38. The lowest BCUT2D eigenvalue weighted by Gasteiger charge is -2.13. The number of carbonyl (C=O) groups excluding carboxylic acids is 2. The SMILES string of the molecule is CCC=C1CC(=O)N(Cc2ccccc2)C1=O. The Bertz CT molecular complexity index is 462. The largest absolute Gasteiger partial charge is 0.274 e. The molecule has 0 aliphatic carbocycles. The standard InChI is InChI=1S/C14H15NO2/c1-2-6-12-9-13(16)15(14(12)17)10-11-7-4-3-5-8-11/h3-8H,2,9-10H2,1H3. The van der Waals surface area contributed by atoms with E-state index in [-0.39, 0.29) is 18.2 Å². The maximum absolute atomic E-state index is 11.9. The second-order valence-electron chi connectivity index (χ2n) is 4.09. The van der Waals surface area contributed by atoms with Crippen LogP contribution in [0.1, 0.15) is 25.3 Å². The number of nitrogens with zero attached hydrogens (tertiary/aromatic N) is 1. The predicted molar refractivity (Wildman–Crippen MR) is 65.0 cm³/mol. The fourth-order valence-corrected chi connectivity index (χ4v) is 1.95. The van der Waals surface area contributed by atoms with E-state index in [0.29, 0.717) is 12.1 Å². The molecule has 0 N–H and O–H groups in total. The molecule has 1 saturated heterocycles. The summed E-state index contributed by atoms with van der Waals surface area (Å²) in [5.41, 5.74) is 1.61. The number of allylic oxidation sites excluding steroid dienone is 1. The van der Waals surface area contributed by atoms with Crippen LogP contribution < -0.4 is 0 Å². The highest BCUT2D eigenvalue weighted by Crippen LogP contribution is 2.21. The molecule has 0 radical (unpaired) electrons. The first-order valence-electron chi connectivity index (χ1n) is 5.80. The molecular formula is C14H15NO2. The predicted octanol–water partition coefficient (Wildman–Crippen LogP) is 2.28. The van der Waals surface area contributed by atoms with Gasteiger partial charge in [0.05, 0.1) is 13.0 Å². The lowest BCUT2D eigenvalue weighted by molar-refractivity contribution is -0.138. The zero-order chi connectivity index (χ0) is 12.3. The highest BCUT2D eigenvalue weighted by molar-refractivity contribution is 6.13. The second-order valence-corrected chi connectivity index (χ2v) is 4.09. The van der Waals surface area contributed by atoms with Crippen LogP contribution in [0.2, 0.25) is 0 Å². The number of imide groups is 1. The minimum Gasteiger partial charge on any atom is -0.274 e.